The molecule has 1 aromatic carbocycles. The highest BCUT2D eigenvalue weighted by Gasteiger charge is 2.64. The first-order chi connectivity index (χ1) is 7.26. The first kappa shape index (κ1) is 11.2. The molecule has 3 nitrogen and oxygen atoms in total. The van der Waals surface area contributed by atoms with Gasteiger partial charge in [0.25, 0.3) is 11.5 Å². The van der Waals surface area contributed by atoms with Crippen LogP contribution in [0, 0.1) is 0 Å². The molecular weight excluding hydrogens is 247 g/mol. The maximum absolute atomic E-state index is 12.6. The lowest BCUT2D eigenvalue weighted by Gasteiger charge is -2.23. The normalized spacial score (nSPS) is 24.2. The average molecular weight is 252 g/mol. The second-order valence-corrected chi connectivity index (χ2v) is 3.79. The smallest absolute Gasteiger partial charge is 0.368 e. The average Bonchev–Trinajstić information content (AvgIpc) is 2.38. The van der Waals surface area contributed by atoms with Gasteiger partial charge in [-0.05, 0) is 12.1 Å². The van der Waals surface area contributed by atoms with Crippen LogP contribution in [0.3, 0.4) is 0 Å². The first-order valence-electron chi connectivity index (χ1n) is 4.17. The number of hydrogen-bond acceptors (Lipinski definition) is 2. The minimum absolute atomic E-state index is 0.127. The van der Waals surface area contributed by atoms with Gasteiger partial charge in [0.2, 0.25) is 0 Å². The summed E-state index contributed by atoms with van der Waals surface area (Å²) in [6.45, 7) is 0. The predicted molar refractivity (Wildman–Crippen MR) is 50.0 cm³/mol. The van der Waals surface area contributed by atoms with Crippen LogP contribution in [0.1, 0.15) is 5.56 Å². The molecule has 0 bridgehead atoms. The van der Waals surface area contributed by atoms with Crippen LogP contribution in [-0.2, 0) is 10.4 Å². The van der Waals surface area contributed by atoms with E-state index >= 15 is 0 Å². The van der Waals surface area contributed by atoms with Gasteiger partial charge < -0.3 is 10.4 Å². The largest absolute Gasteiger partial charge is 0.430 e. The van der Waals surface area contributed by atoms with E-state index in [0.29, 0.717) is 0 Å². The number of aliphatic hydroxyl groups is 1. The van der Waals surface area contributed by atoms with Gasteiger partial charge in [-0.2, -0.15) is 13.2 Å². The second kappa shape index (κ2) is 3.11. The summed E-state index contributed by atoms with van der Waals surface area (Å²) in [4.78, 5) is 11.2. The second-order valence-electron chi connectivity index (χ2n) is 3.35. The zero-order valence-corrected chi connectivity index (χ0v) is 8.36. The number of halogens is 4. The summed E-state index contributed by atoms with van der Waals surface area (Å²) >= 11 is 5.56. The Morgan fingerprint density at radius 2 is 2.00 bits per heavy atom. The van der Waals surface area contributed by atoms with Gasteiger partial charge in [0.1, 0.15) is 0 Å². The van der Waals surface area contributed by atoms with E-state index in [1.54, 1.807) is 0 Å². The van der Waals surface area contributed by atoms with Crippen molar-refractivity contribution in [3.8, 4) is 0 Å². The highest BCUT2D eigenvalue weighted by molar-refractivity contribution is 6.31. The van der Waals surface area contributed by atoms with E-state index in [1.165, 1.54) is 6.07 Å². The van der Waals surface area contributed by atoms with Gasteiger partial charge in [-0.1, -0.05) is 17.7 Å². The molecule has 2 rings (SSSR count). The summed E-state index contributed by atoms with van der Waals surface area (Å²) in [5.41, 5.74) is -4.15. The van der Waals surface area contributed by atoms with Gasteiger partial charge in [0.05, 0.1) is 0 Å². The molecule has 0 unspecified atom stereocenters. The standard InChI is InChI=1S/C9H5ClF3NO2/c10-4-1-2-5-6(3-4)14-7(15)8(5,16)9(11,12)13/h1-3,16H,(H,14,15)/t8-/m1/s1. The van der Waals surface area contributed by atoms with E-state index in [2.05, 4.69) is 0 Å². The van der Waals surface area contributed by atoms with Crippen molar-refractivity contribution in [1.29, 1.82) is 0 Å². The molecule has 16 heavy (non-hydrogen) atoms. The molecule has 1 aliphatic heterocycles. The summed E-state index contributed by atoms with van der Waals surface area (Å²) in [6.07, 6.45) is -5.07. The lowest BCUT2D eigenvalue weighted by atomic mass is 9.95. The van der Waals surface area contributed by atoms with Crippen LogP contribution in [0.4, 0.5) is 18.9 Å². The monoisotopic (exact) mass is 251 g/mol. The van der Waals surface area contributed by atoms with E-state index < -0.39 is 23.2 Å². The van der Waals surface area contributed by atoms with Gasteiger partial charge in [-0.15, -0.1) is 0 Å². The third-order valence-electron chi connectivity index (χ3n) is 2.36. The lowest BCUT2D eigenvalue weighted by molar-refractivity contribution is -0.252. The Morgan fingerprint density at radius 1 is 1.38 bits per heavy atom. The maximum atomic E-state index is 12.6. The fraction of sp³-hybridized carbons (Fsp3) is 0.222. The fourth-order valence-corrected chi connectivity index (χ4v) is 1.72. The summed E-state index contributed by atoms with van der Waals surface area (Å²) in [5, 5.41) is 11.6. The minimum Gasteiger partial charge on any atom is -0.368 e. The van der Waals surface area contributed by atoms with Gasteiger partial charge in [0, 0.05) is 16.3 Å². The van der Waals surface area contributed by atoms with Crippen molar-refractivity contribution < 1.29 is 23.1 Å². The quantitative estimate of drug-likeness (QED) is 0.741. The topological polar surface area (TPSA) is 49.3 Å². The van der Waals surface area contributed by atoms with Crippen molar-refractivity contribution in [2.45, 2.75) is 11.8 Å². The molecular formula is C9H5ClF3NO2. The van der Waals surface area contributed by atoms with Gasteiger partial charge in [0.15, 0.2) is 0 Å². The molecule has 0 saturated heterocycles. The van der Waals surface area contributed by atoms with E-state index in [4.69, 9.17) is 11.6 Å². The number of carbonyl (C=O) groups excluding carboxylic acids is 1. The van der Waals surface area contributed by atoms with Crippen molar-refractivity contribution in [2.24, 2.45) is 0 Å². The highest BCUT2D eigenvalue weighted by atomic mass is 35.5. The molecule has 1 heterocycles. The van der Waals surface area contributed by atoms with Crippen LogP contribution < -0.4 is 5.32 Å². The number of nitrogens with one attached hydrogen (secondary N) is 1. The molecule has 0 spiro atoms. The van der Waals surface area contributed by atoms with E-state index in [9.17, 15) is 23.1 Å². The van der Waals surface area contributed by atoms with Crippen LogP contribution in [-0.4, -0.2) is 17.2 Å². The van der Waals surface area contributed by atoms with E-state index in [-0.39, 0.29) is 10.7 Å². The molecule has 0 radical (unpaired) electrons. The van der Waals surface area contributed by atoms with E-state index in [1.807, 2.05) is 5.32 Å². The Hall–Kier alpha value is -1.27. The molecule has 1 amide bonds. The van der Waals surface area contributed by atoms with Crippen molar-refractivity contribution in [2.75, 3.05) is 5.32 Å². The minimum atomic E-state index is -5.07. The molecule has 1 aromatic rings. The number of carbonyl (C=O) groups is 1. The van der Waals surface area contributed by atoms with E-state index in [0.717, 1.165) is 12.1 Å². The third-order valence-corrected chi connectivity index (χ3v) is 2.59. The molecule has 0 aromatic heterocycles. The molecule has 1 atom stereocenters. The zero-order chi connectivity index (χ0) is 12.1. The number of alkyl halides is 3. The maximum Gasteiger partial charge on any atom is 0.430 e. The third kappa shape index (κ3) is 1.30. The van der Waals surface area contributed by atoms with Gasteiger partial charge in [-0.3, -0.25) is 4.79 Å². The Kier molecular flexibility index (Phi) is 2.18. The Balaban J connectivity index is 2.65. The Bertz CT molecular complexity index is 474. The summed E-state index contributed by atoms with van der Waals surface area (Å²) < 4.78 is 37.9. The fourth-order valence-electron chi connectivity index (χ4n) is 1.55. The summed E-state index contributed by atoms with van der Waals surface area (Å²) in [7, 11) is 0. The van der Waals surface area contributed by atoms with Gasteiger partial charge in [-0.25, -0.2) is 0 Å². The van der Waals surface area contributed by atoms with Crippen LogP contribution in [0.5, 0.6) is 0 Å². The van der Waals surface area contributed by atoms with Crippen molar-refractivity contribution in [1.82, 2.24) is 0 Å². The SMILES string of the molecule is O=C1Nc2cc(Cl)ccc2[C@]1(O)C(F)(F)F. The number of benzene rings is 1. The van der Waals surface area contributed by atoms with Crippen molar-refractivity contribution in [3.63, 3.8) is 0 Å². The molecule has 86 valence electrons. The molecule has 0 fully saturated rings. The van der Waals surface area contributed by atoms with Crippen molar-refractivity contribution in [3.05, 3.63) is 28.8 Å². The number of fused-ring (bicyclic) bond motifs is 1. The molecule has 0 saturated carbocycles. The zero-order valence-electron chi connectivity index (χ0n) is 7.60. The van der Waals surface area contributed by atoms with Crippen LogP contribution in [0.25, 0.3) is 0 Å². The summed E-state index contributed by atoms with van der Waals surface area (Å²) in [5.74, 6) is -1.52. The van der Waals surface area contributed by atoms with Gasteiger partial charge >= 0.3 is 6.18 Å². The Morgan fingerprint density at radius 3 is 2.56 bits per heavy atom. The van der Waals surface area contributed by atoms with Crippen LogP contribution in [0.15, 0.2) is 18.2 Å². The van der Waals surface area contributed by atoms with Crippen molar-refractivity contribution >= 4 is 23.2 Å². The number of hydrogen-bond donors (Lipinski definition) is 2. The Labute approximate surface area is 92.8 Å². The first-order valence-corrected chi connectivity index (χ1v) is 4.55. The molecule has 0 aliphatic carbocycles. The van der Waals surface area contributed by atoms with Crippen LogP contribution in [0.2, 0.25) is 5.02 Å². The number of amides is 1. The lowest BCUT2D eigenvalue weighted by Crippen LogP contribution is -2.47. The number of rotatable bonds is 0. The molecule has 7 heteroatoms. The summed E-state index contributed by atoms with van der Waals surface area (Å²) in [6, 6.07) is 3.30. The van der Waals surface area contributed by atoms with Crippen LogP contribution >= 0.6 is 11.6 Å². The highest BCUT2D eigenvalue weighted by Crippen LogP contribution is 2.47. The number of anilines is 1. The predicted octanol–water partition coefficient (Wildman–Crippen LogP) is 2.04. The molecule has 2 N–H and O–H groups in total. The molecule has 1 aliphatic rings.